The van der Waals surface area contributed by atoms with Crippen LogP contribution in [0.2, 0.25) is 0 Å². The van der Waals surface area contributed by atoms with Crippen LogP contribution in [0.3, 0.4) is 0 Å². The van der Waals surface area contributed by atoms with Gasteiger partial charge in [0.2, 0.25) is 5.88 Å². The topological polar surface area (TPSA) is 71.5 Å². The van der Waals surface area contributed by atoms with Gasteiger partial charge in [-0.25, -0.2) is 9.78 Å². The molecular weight excluding hydrogens is 385 g/mol. The molecule has 0 amide bonds. The lowest BCUT2D eigenvalue weighted by atomic mass is 9.79. The van der Waals surface area contributed by atoms with E-state index in [1.807, 2.05) is 13.8 Å². The van der Waals surface area contributed by atoms with Crippen LogP contribution in [0.1, 0.15) is 49.8 Å². The molecule has 1 aliphatic rings. The molecule has 1 aromatic heterocycles. The van der Waals surface area contributed by atoms with Crippen molar-refractivity contribution in [3.8, 4) is 5.88 Å². The number of carboxylic acids is 1. The molecule has 0 fully saturated rings. The number of anilines is 1. The highest BCUT2D eigenvalue weighted by molar-refractivity contribution is 5.93. The fourth-order valence-electron chi connectivity index (χ4n) is 3.44. The van der Waals surface area contributed by atoms with Crippen LogP contribution >= 0.6 is 0 Å². The van der Waals surface area contributed by atoms with Gasteiger partial charge in [-0.1, -0.05) is 25.1 Å². The molecule has 2 aromatic rings. The molecule has 1 aromatic carbocycles. The predicted molar refractivity (Wildman–Crippen MR) is 102 cm³/mol. The standard InChI is InChI=1S/C21H21F3N2O3/c1-4-11(2)29-19-18-15(9-10-25-19)26-12(3)16(20(27)28)17(18)13-7-5-6-8-14(13)21(22,23)24/h5-11,17,26H,4H2,1-3H3,(H,27,28). The minimum atomic E-state index is -4.64. The van der Waals surface area contributed by atoms with Crippen molar-refractivity contribution in [3.05, 3.63) is 64.5 Å². The van der Waals surface area contributed by atoms with E-state index in [0.29, 0.717) is 12.1 Å². The number of ether oxygens (including phenoxy) is 1. The maximum atomic E-state index is 13.7. The molecule has 0 bridgehead atoms. The maximum absolute atomic E-state index is 13.7. The molecule has 0 spiro atoms. The second-order valence-corrected chi connectivity index (χ2v) is 6.90. The molecule has 2 unspecified atom stereocenters. The van der Waals surface area contributed by atoms with Crippen LogP contribution in [0.15, 0.2) is 47.8 Å². The summed E-state index contributed by atoms with van der Waals surface area (Å²) in [6.07, 6.45) is -2.75. The van der Waals surface area contributed by atoms with Crippen molar-refractivity contribution in [1.29, 1.82) is 0 Å². The van der Waals surface area contributed by atoms with Gasteiger partial charge in [0.25, 0.3) is 0 Å². The summed E-state index contributed by atoms with van der Waals surface area (Å²) in [5.74, 6) is -2.37. The highest BCUT2D eigenvalue weighted by Crippen LogP contribution is 2.48. The van der Waals surface area contributed by atoms with E-state index in [1.54, 1.807) is 6.07 Å². The van der Waals surface area contributed by atoms with Crippen molar-refractivity contribution in [3.63, 3.8) is 0 Å². The average molecular weight is 406 g/mol. The third-order valence-corrected chi connectivity index (χ3v) is 4.95. The Morgan fingerprint density at radius 3 is 2.62 bits per heavy atom. The minimum absolute atomic E-state index is 0.123. The van der Waals surface area contributed by atoms with E-state index in [4.69, 9.17) is 4.74 Å². The summed E-state index contributed by atoms with van der Waals surface area (Å²) in [5, 5.41) is 12.8. The van der Waals surface area contributed by atoms with Crippen LogP contribution in [0, 0.1) is 0 Å². The fraction of sp³-hybridized carbons (Fsp3) is 0.333. The second-order valence-electron chi connectivity index (χ2n) is 6.90. The molecule has 29 heavy (non-hydrogen) atoms. The number of aliphatic carboxylic acids is 1. The van der Waals surface area contributed by atoms with E-state index in [2.05, 4.69) is 10.3 Å². The molecule has 0 saturated heterocycles. The number of benzene rings is 1. The van der Waals surface area contributed by atoms with Crippen molar-refractivity contribution in [2.75, 3.05) is 5.32 Å². The third-order valence-electron chi connectivity index (χ3n) is 4.95. The quantitative estimate of drug-likeness (QED) is 0.715. The molecule has 154 valence electrons. The molecule has 5 nitrogen and oxygen atoms in total. The Kier molecular flexibility index (Phi) is 5.55. The molecule has 8 heteroatoms. The lowest BCUT2D eigenvalue weighted by Gasteiger charge is -2.32. The lowest BCUT2D eigenvalue weighted by Crippen LogP contribution is -2.26. The first-order chi connectivity index (χ1) is 13.6. The number of alkyl halides is 3. The van der Waals surface area contributed by atoms with Gasteiger partial charge >= 0.3 is 12.1 Å². The number of hydrogen-bond acceptors (Lipinski definition) is 4. The van der Waals surface area contributed by atoms with E-state index >= 15 is 0 Å². The van der Waals surface area contributed by atoms with Gasteiger partial charge < -0.3 is 15.2 Å². The molecule has 0 aliphatic carbocycles. The summed E-state index contributed by atoms with van der Waals surface area (Å²) in [6, 6.07) is 6.61. The van der Waals surface area contributed by atoms with Crippen LogP contribution < -0.4 is 10.1 Å². The summed E-state index contributed by atoms with van der Waals surface area (Å²) in [6.45, 7) is 5.25. The highest BCUT2D eigenvalue weighted by atomic mass is 19.4. The number of fused-ring (bicyclic) bond motifs is 1. The number of hydrogen-bond donors (Lipinski definition) is 2. The van der Waals surface area contributed by atoms with E-state index in [-0.39, 0.29) is 34.4 Å². The summed E-state index contributed by atoms with van der Waals surface area (Å²) in [7, 11) is 0. The SMILES string of the molecule is CCC(C)Oc1nccc2c1C(c1ccccc1C(F)(F)F)C(C(=O)O)=C(C)N2. The van der Waals surface area contributed by atoms with Crippen molar-refractivity contribution in [1.82, 2.24) is 4.98 Å². The van der Waals surface area contributed by atoms with Crippen molar-refractivity contribution >= 4 is 11.7 Å². The normalized spacial score (nSPS) is 17.4. The van der Waals surface area contributed by atoms with Crippen LogP contribution in [-0.4, -0.2) is 22.2 Å². The molecule has 0 saturated carbocycles. The van der Waals surface area contributed by atoms with Crippen molar-refractivity contribution in [2.45, 2.75) is 45.4 Å². The molecule has 1 aliphatic heterocycles. The smallest absolute Gasteiger partial charge is 0.416 e. The highest BCUT2D eigenvalue weighted by Gasteiger charge is 2.41. The van der Waals surface area contributed by atoms with E-state index in [9.17, 15) is 23.1 Å². The molecule has 3 rings (SSSR count). The summed E-state index contributed by atoms with van der Waals surface area (Å²) in [5.41, 5.74) is -0.177. The van der Waals surface area contributed by atoms with Crippen molar-refractivity contribution in [2.24, 2.45) is 0 Å². The average Bonchev–Trinajstić information content (AvgIpc) is 2.66. The van der Waals surface area contributed by atoms with Gasteiger partial charge in [0.15, 0.2) is 0 Å². The van der Waals surface area contributed by atoms with Crippen LogP contribution in [-0.2, 0) is 11.0 Å². The Hall–Kier alpha value is -3.03. The number of carbonyl (C=O) groups is 1. The third kappa shape index (κ3) is 3.92. The van der Waals surface area contributed by atoms with Crippen molar-refractivity contribution < 1.29 is 27.8 Å². The number of nitrogens with one attached hydrogen (secondary N) is 1. The maximum Gasteiger partial charge on any atom is 0.416 e. The summed E-state index contributed by atoms with van der Waals surface area (Å²) in [4.78, 5) is 16.3. The number of rotatable bonds is 5. The number of carboxylic acid groups (broad SMARTS) is 1. The van der Waals surface area contributed by atoms with E-state index in [1.165, 1.54) is 31.3 Å². The van der Waals surface area contributed by atoms with Gasteiger partial charge in [-0.2, -0.15) is 13.2 Å². The van der Waals surface area contributed by atoms with E-state index in [0.717, 1.165) is 6.07 Å². The monoisotopic (exact) mass is 406 g/mol. The van der Waals surface area contributed by atoms with Gasteiger partial charge in [0.1, 0.15) is 0 Å². The number of nitrogens with zero attached hydrogens (tertiary/aromatic N) is 1. The predicted octanol–water partition coefficient (Wildman–Crippen LogP) is 5.19. The largest absolute Gasteiger partial charge is 0.478 e. The van der Waals surface area contributed by atoms with E-state index < -0.39 is 23.6 Å². The minimum Gasteiger partial charge on any atom is -0.478 e. The first-order valence-corrected chi connectivity index (χ1v) is 9.17. The number of aromatic nitrogens is 1. The molecular formula is C21H21F3N2O3. The Morgan fingerprint density at radius 1 is 1.31 bits per heavy atom. The Morgan fingerprint density at radius 2 is 2.00 bits per heavy atom. The van der Waals surface area contributed by atoms with Crippen LogP contribution in [0.5, 0.6) is 5.88 Å². The molecule has 2 N–H and O–H groups in total. The summed E-state index contributed by atoms with van der Waals surface area (Å²) < 4.78 is 47.1. The van der Waals surface area contributed by atoms with Gasteiger partial charge in [0, 0.05) is 23.1 Å². The number of pyridine rings is 1. The molecule has 0 radical (unpaired) electrons. The fourth-order valence-corrected chi connectivity index (χ4v) is 3.44. The van der Waals surface area contributed by atoms with Gasteiger partial charge in [0.05, 0.1) is 23.2 Å². The zero-order valence-electron chi connectivity index (χ0n) is 16.2. The Bertz CT molecular complexity index is 970. The number of allylic oxidation sites excluding steroid dienone is 1. The molecule has 2 heterocycles. The second kappa shape index (κ2) is 7.77. The zero-order valence-corrected chi connectivity index (χ0v) is 16.2. The summed E-state index contributed by atoms with van der Waals surface area (Å²) >= 11 is 0. The lowest BCUT2D eigenvalue weighted by molar-refractivity contribution is -0.139. The van der Waals surface area contributed by atoms with Gasteiger partial charge in [-0.3, -0.25) is 0 Å². The number of halogens is 3. The molecule has 2 atom stereocenters. The Labute approximate surface area is 166 Å². The van der Waals surface area contributed by atoms with Gasteiger partial charge in [-0.05, 0) is 38.0 Å². The van der Waals surface area contributed by atoms with Crippen LogP contribution in [0.4, 0.5) is 18.9 Å². The Balaban J connectivity index is 2.32. The van der Waals surface area contributed by atoms with Crippen LogP contribution in [0.25, 0.3) is 0 Å². The zero-order chi connectivity index (χ0) is 21.3. The van der Waals surface area contributed by atoms with Gasteiger partial charge in [-0.15, -0.1) is 0 Å². The first-order valence-electron chi connectivity index (χ1n) is 9.17. The first kappa shape index (κ1) is 20.7.